The van der Waals surface area contributed by atoms with Gasteiger partial charge in [-0.2, -0.15) is 5.10 Å². The molecule has 0 saturated carbocycles. The number of para-hydroxylation sites is 1. The molecule has 0 spiro atoms. The first-order valence-electron chi connectivity index (χ1n) is 9.00. The minimum Gasteiger partial charge on any atom is -0.422 e. The third kappa shape index (κ3) is 6.07. The van der Waals surface area contributed by atoms with Crippen molar-refractivity contribution in [2.75, 3.05) is 5.32 Å². The fourth-order valence-corrected chi connectivity index (χ4v) is 2.89. The number of carbonyl (C=O) groups excluding carboxylic acids is 3. The van der Waals surface area contributed by atoms with Gasteiger partial charge in [-0.05, 0) is 48.5 Å². The van der Waals surface area contributed by atoms with E-state index in [1.165, 1.54) is 24.4 Å². The second-order valence-corrected chi connectivity index (χ2v) is 7.41. The molecule has 0 fully saturated rings. The first kappa shape index (κ1) is 23.3. The molecule has 0 aliphatic carbocycles. The number of hydrazone groups is 1. The van der Waals surface area contributed by atoms with E-state index < -0.39 is 17.8 Å². The lowest BCUT2D eigenvalue weighted by Crippen LogP contribution is -2.32. The van der Waals surface area contributed by atoms with Gasteiger partial charge < -0.3 is 10.1 Å². The van der Waals surface area contributed by atoms with Gasteiger partial charge >= 0.3 is 17.8 Å². The zero-order chi connectivity index (χ0) is 23.1. The van der Waals surface area contributed by atoms with E-state index in [9.17, 15) is 14.4 Å². The molecule has 3 aromatic carbocycles. The van der Waals surface area contributed by atoms with Crippen molar-refractivity contribution in [2.45, 2.75) is 0 Å². The number of esters is 1. The molecule has 162 valence electrons. The summed E-state index contributed by atoms with van der Waals surface area (Å²) < 4.78 is 5.39. The second-order valence-electron chi connectivity index (χ2n) is 6.19. The molecule has 0 unspecified atom stereocenters. The van der Waals surface area contributed by atoms with Gasteiger partial charge in [0.2, 0.25) is 0 Å². The number of hydrogen-bond acceptors (Lipinski definition) is 5. The summed E-state index contributed by atoms with van der Waals surface area (Å²) in [6.07, 6.45) is 1.24. The summed E-state index contributed by atoms with van der Waals surface area (Å²) in [6, 6.07) is 17.4. The number of nitrogens with one attached hydrogen (secondary N) is 2. The van der Waals surface area contributed by atoms with Gasteiger partial charge in [-0.1, -0.05) is 53.0 Å². The van der Waals surface area contributed by atoms with E-state index in [1.807, 2.05) is 0 Å². The lowest BCUT2D eigenvalue weighted by Gasteiger charge is -2.08. The molecular weight excluding hydrogens is 477 g/mol. The Morgan fingerprint density at radius 2 is 1.56 bits per heavy atom. The fraction of sp³-hybridized carbons (Fsp3) is 0. The van der Waals surface area contributed by atoms with Gasteiger partial charge in [-0.3, -0.25) is 9.59 Å². The van der Waals surface area contributed by atoms with Crippen LogP contribution in [0.25, 0.3) is 0 Å². The van der Waals surface area contributed by atoms with Crippen molar-refractivity contribution in [3.05, 3.63) is 92.9 Å². The molecule has 0 aliphatic rings. The Balaban J connectivity index is 1.63. The van der Waals surface area contributed by atoms with E-state index in [2.05, 4.69) is 15.8 Å². The number of ether oxygens (including phenoxy) is 1. The number of hydrogen-bond donors (Lipinski definition) is 2. The molecule has 10 heteroatoms. The van der Waals surface area contributed by atoms with Crippen LogP contribution in [0.3, 0.4) is 0 Å². The van der Waals surface area contributed by atoms with Crippen LogP contribution in [0.4, 0.5) is 5.69 Å². The predicted molar refractivity (Wildman–Crippen MR) is 124 cm³/mol. The number of rotatable bonds is 5. The van der Waals surface area contributed by atoms with Gasteiger partial charge in [0, 0.05) is 10.6 Å². The molecule has 0 aliphatic heterocycles. The zero-order valence-electron chi connectivity index (χ0n) is 16.1. The summed E-state index contributed by atoms with van der Waals surface area (Å²) in [4.78, 5) is 36.4. The molecule has 2 amide bonds. The van der Waals surface area contributed by atoms with Crippen LogP contribution in [-0.2, 0) is 9.59 Å². The molecule has 0 atom stereocenters. The highest BCUT2D eigenvalue weighted by Gasteiger charge is 2.16. The average Bonchev–Trinajstić information content (AvgIpc) is 2.78. The van der Waals surface area contributed by atoms with Crippen molar-refractivity contribution in [1.29, 1.82) is 0 Å². The SMILES string of the molecule is O=C(N/N=C\c1ccccc1OC(=O)c1ccc(Cl)cc1)C(=O)Nc1cccc(Cl)c1Cl. The number of carbonyl (C=O) groups is 3. The lowest BCUT2D eigenvalue weighted by molar-refractivity contribution is -0.136. The molecule has 3 rings (SSSR count). The molecule has 3 aromatic rings. The van der Waals surface area contributed by atoms with E-state index in [0.717, 1.165) is 0 Å². The smallest absolute Gasteiger partial charge is 0.343 e. The molecule has 0 bridgehead atoms. The van der Waals surface area contributed by atoms with Crippen LogP contribution in [0.5, 0.6) is 5.75 Å². The number of halogens is 3. The number of amides is 2. The summed E-state index contributed by atoms with van der Waals surface area (Å²) >= 11 is 17.7. The van der Waals surface area contributed by atoms with E-state index in [1.54, 1.807) is 48.5 Å². The third-order valence-electron chi connectivity index (χ3n) is 3.98. The highest BCUT2D eigenvalue weighted by atomic mass is 35.5. The minimum absolute atomic E-state index is 0.107. The summed E-state index contributed by atoms with van der Waals surface area (Å²) in [5, 5.41) is 6.91. The van der Waals surface area contributed by atoms with E-state index in [-0.39, 0.29) is 21.5 Å². The Morgan fingerprint density at radius 1 is 0.844 bits per heavy atom. The number of anilines is 1. The van der Waals surface area contributed by atoms with Gasteiger partial charge in [-0.15, -0.1) is 0 Å². The highest BCUT2D eigenvalue weighted by molar-refractivity contribution is 6.45. The normalized spacial score (nSPS) is 10.6. The standard InChI is InChI=1S/C22H14Cl3N3O4/c23-15-10-8-13(9-11-15)22(31)32-18-7-2-1-4-14(18)12-26-28-21(30)20(29)27-17-6-3-5-16(24)19(17)25/h1-12H,(H,27,29)(H,28,30)/b26-12-. The van der Waals surface area contributed by atoms with Crippen LogP contribution in [0.15, 0.2) is 71.8 Å². The van der Waals surface area contributed by atoms with Crippen LogP contribution in [0.1, 0.15) is 15.9 Å². The van der Waals surface area contributed by atoms with Gasteiger partial charge in [0.05, 0.1) is 27.5 Å². The molecular formula is C22H14Cl3N3O4. The molecule has 32 heavy (non-hydrogen) atoms. The predicted octanol–water partition coefficient (Wildman–Crippen LogP) is 4.95. The Labute approximate surface area is 197 Å². The van der Waals surface area contributed by atoms with Crippen LogP contribution in [0.2, 0.25) is 15.1 Å². The Hall–Kier alpha value is -3.39. The fourth-order valence-electron chi connectivity index (χ4n) is 2.42. The van der Waals surface area contributed by atoms with Crippen molar-refractivity contribution in [2.24, 2.45) is 5.10 Å². The van der Waals surface area contributed by atoms with Crippen LogP contribution >= 0.6 is 34.8 Å². The maximum absolute atomic E-state index is 12.3. The molecule has 0 aromatic heterocycles. The van der Waals surface area contributed by atoms with Crippen molar-refractivity contribution >= 4 is 64.5 Å². The van der Waals surface area contributed by atoms with Gasteiger partial charge in [0.15, 0.2) is 0 Å². The Kier molecular flexibility index (Phi) is 7.83. The summed E-state index contributed by atoms with van der Waals surface area (Å²) in [5.41, 5.74) is 2.98. The summed E-state index contributed by atoms with van der Waals surface area (Å²) in [7, 11) is 0. The highest BCUT2D eigenvalue weighted by Crippen LogP contribution is 2.29. The van der Waals surface area contributed by atoms with E-state index in [4.69, 9.17) is 39.5 Å². The maximum atomic E-state index is 12.3. The van der Waals surface area contributed by atoms with Gasteiger partial charge in [0.25, 0.3) is 0 Å². The summed E-state index contributed by atoms with van der Waals surface area (Å²) in [5.74, 6) is -2.41. The van der Waals surface area contributed by atoms with E-state index >= 15 is 0 Å². The maximum Gasteiger partial charge on any atom is 0.343 e. The molecule has 0 saturated heterocycles. The van der Waals surface area contributed by atoms with Crippen LogP contribution < -0.4 is 15.5 Å². The number of nitrogens with zero attached hydrogens (tertiary/aromatic N) is 1. The van der Waals surface area contributed by atoms with Crippen molar-refractivity contribution in [3.8, 4) is 5.75 Å². The third-order valence-corrected chi connectivity index (χ3v) is 5.05. The zero-order valence-corrected chi connectivity index (χ0v) is 18.4. The van der Waals surface area contributed by atoms with E-state index in [0.29, 0.717) is 16.1 Å². The first-order chi connectivity index (χ1) is 15.3. The molecule has 7 nitrogen and oxygen atoms in total. The molecule has 0 radical (unpaired) electrons. The average molecular weight is 491 g/mol. The largest absolute Gasteiger partial charge is 0.422 e. The topological polar surface area (TPSA) is 96.9 Å². The quantitative estimate of drug-likeness (QED) is 0.174. The van der Waals surface area contributed by atoms with Crippen molar-refractivity contribution < 1.29 is 19.1 Å². The van der Waals surface area contributed by atoms with Gasteiger partial charge in [-0.25, -0.2) is 10.2 Å². The van der Waals surface area contributed by atoms with Crippen LogP contribution in [0, 0.1) is 0 Å². The molecule has 0 heterocycles. The molecule has 2 N–H and O–H groups in total. The van der Waals surface area contributed by atoms with Crippen LogP contribution in [-0.4, -0.2) is 24.0 Å². The Morgan fingerprint density at radius 3 is 2.31 bits per heavy atom. The summed E-state index contributed by atoms with van der Waals surface area (Å²) in [6.45, 7) is 0. The minimum atomic E-state index is -1.03. The monoisotopic (exact) mass is 489 g/mol. The first-order valence-corrected chi connectivity index (χ1v) is 10.1. The van der Waals surface area contributed by atoms with Crippen molar-refractivity contribution in [1.82, 2.24) is 5.43 Å². The second kappa shape index (κ2) is 10.8. The van der Waals surface area contributed by atoms with Crippen molar-refractivity contribution in [3.63, 3.8) is 0 Å². The van der Waals surface area contributed by atoms with Gasteiger partial charge in [0.1, 0.15) is 5.75 Å². The lowest BCUT2D eigenvalue weighted by atomic mass is 10.2. The number of benzene rings is 3. The Bertz CT molecular complexity index is 1200.